The minimum Gasteiger partial charge on any atom is -0.393 e. The summed E-state index contributed by atoms with van der Waals surface area (Å²) in [6, 6.07) is 16.6. The third-order valence-electron chi connectivity index (χ3n) is 3.14. The maximum absolute atomic E-state index is 9.38. The summed E-state index contributed by atoms with van der Waals surface area (Å²) in [6.07, 6.45) is 0.785. The maximum atomic E-state index is 9.38. The van der Waals surface area contributed by atoms with Crippen molar-refractivity contribution in [1.82, 2.24) is 0 Å². The molecule has 0 bridgehead atoms. The Morgan fingerprint density at radius 1 is 0.714 bits per heavy atom. The largest absolute Gasteiger partial charge is 0.393 e. The van der Waals surface area contributed by atoms with Crippen molar-refractivity contribution in [2.75, 3.05) is 0 Å². The molecular formula is C18H22O2S. The average Bonchev–Trinajstić information content (AvgIpc) is 2.42. The summed E-state index contributed by atoms with van der Waals surface area (Å²) in [6.45, 7) is 3.61. The Kier molecular flexibility index (Phi) is 5.85. The topological polar surface area (TPSA) is 40.5 Å². The molecule has 2 rings (SSSR count). The van der Waals surface area contributed by atoms with Crippen molar-refractivity contribution < 1.29 is 10.2 Å². The summed E-state index contributed by atoms with van der Waals surface area (Å²) in [7, 11) is 0. The lowest BCUT2D eigenvalue weighted by Crippen LogP contribution is -2.03. The van der Waals surface area contributed by atoms with Gasteiger partial charge in [-0.2, -0.15) is 0 Å². The molecule has 0 saturated carbocycles. The quantitative estimate of drug-likeness (QED) is 0.855. The number of aliphatic hydroxyl groups is 2. The van der Waals surface area contributed by atoms with Gasteiger partial charge in [0, 0.05) is 9.79 Å². The normalized spacial score (nSPS) is 13.9. The summed E-state index contributed by atoms with van der Waals surface area (Å²) >= 11 is 1.72. The molecule has 2 aromatic carbocycles. The van der Waals surface area contributed by atoms with Crippen LogP contribution in [0.5, 0.6) is 0 Å². The van der Waals surface area contributed by atoms with Crippen molar-refractivity contribution in [3.63, 3.8) is 0 Å². The van der Waals surface area contributed by atoms with Crippen molar-refractivity contribution in [2.45, 2.75) is 48.7 Å². The second-order valence-corrected chi connectivity index (χ2v) is 6.64. The Labute approximate surface area is 130 Å². The number of benzene rings is 2. The van der Waals surface area contributed by atoms with Crippen LogP contribution in [0.25, 0.3) is 0 Å². The SMILES string of the molecule is CC(O)Cc1ccc(Sc2ccc(CC(C)O)cc2)cc1. The Morgan fingerprint density at radius 3 is 1.33 bits per heavy atom. The highest BCUT2D eigenvalue weighted by atomic mass is 32.2. The third kappa shape index (κ3) is 5.54. The fourth-order valence-corrected chi connectivity index (χ4v) is 3.02. The predicted octanol–water partition coefficient (Wildman–Crippen LogP) is 3.68. The van der Waals surface area contributed by atoms with Crippen molar-refractivity contribution in [2.24, 2.45) is 0 Å². The molecule has 0 amide bonds. The fourth-order valence-electron chi connectivity index (χ4n) is 2.21. The summed E-state index contributed by atoms with van der Waals surface area (Å²) in [5.74, 6) is 0. The van der Waals surface area contributed by atoms with Gasteiger partial charge in [0.1, 0.15) is 0 Å². The molecule has 0 aliphatic rings. The molecule has 0 heterocycles. The zero-order valence-corrected chi connectivity index (χ0v) is 13.3. The van der Waals surface area contributed by atoms with Crippen molar-refractivity contribution in [1.29, 1.82) is 0 Å². The van der Waals surface area contributed by atoms with Crippen LogP contribution in [0.2, 0.25) is 0 Å². The number of aliphatic hydroxyl groups excluding tert-OH is 2. The Balaban J connectivity index is 1.97. The van der Waals surface area contributed by atoms with Gasteiger partial charge in [-0.3, -0.25) is 0 Å². The maximum Gasteiger partial charge on any atom is 0.0552 e. The molecule has 0 radical (unpaired) electrons. The van der Waals surface area contributed by atoms with Gasteiger partial charge in [0.15, 0.2) is 0 Å². The summed E-state index contributed by atoms with van der Waals surface area (Å²) in [5.41, 5.74) is 2.31. The zero-order chi connectivity index (χ0) is 15.2. The van der Waals surface area contributed by atoms with Crippen LogP contribution in [-0.2, 0) is 12.8 Å². The Hall–Kier alpha value is -1.29. The lowest BCUT2D eigenvalue weighted by atomic mass is 10.1. The molecule has 21 heavy (non-hydrogen) atoms. The smallest absolute Gasteiger partial charge is 0.0552 e. The first-order valence-corrected chi connectivity index (χ1v) is 8.06. The highest BCUT2D eigenvalue weighted by Gasteiger charge is 2.02. The molecule has 0 fully saturated rings. The van der Waals surface area contributed by atoms with Crippen LogP contribution in [-0.4, -0.2) is 22.4 Å². The van der Waals surface area contributed by atoms with E-state index < -0.39 is 0 Å². The van der Waals surface area contributed by atoms with Crippen LogP contribution in [0, 0.1) is 0 Å². The molecule has 0 spiro atoms. The van der Waals surface area contributed by atoms with E-state index >= 15 is 0 Å². The van der Waals surface area contributed by atoms with E-state index in [0.717, 1.165) is 11.1 Å². The highest BCUT2D eigenvalue weighted by molar-refractivity contribution is 7.99. The fraction of sp³-hybridized carbons (Fsp3) is 0.333. The van der Waals surface area contributed by atoms with Gasteiger partial charge in [-0.1, -0.05) is 36.0 Å². The summed E-state index contributed by atoms with van der Waals surface area (Å²) < 4.78 is 0. The van der Waals surface area contributed by atoms with Crippen LogP contribution < -0.4 is 0 Å². The van der Waals surface area contributed by atoms with E-state index in [2.05, 4.69) is 48.5 Å². The molecule has 3 heteroatoms. The van der Waals surface area contributed by atoms with E-state index in [9.17, 15) is 10.2 Å². The second kappa shape index (κ2) is 7.64. The molecule has 0 saturated heterocycles. The van der Waals surface area contributed by atoms with Crippen molar-refractivity contribution >= 4 is 11.8 Å². The molecule has 0 aliphatic heterocycles. The van der Waals surface area contributed by atoms with Gasteiger partial charge in [0.05, 0.1) is 12.2 Å². The van der Waals surface area contributed by atoms with Gasteiger partial charge in [-0.25, -0.2) is 0 Å². The lowest BCUT2D eigenvalue weighted by Gasteiger charge is -2.07. The molecule has 2 nitrogen and oxygen atoms in total. The lowest BCUT2D eigenvalue weighted by molar-refractivity contribution is 0.195. The van der Waals surface area contributed by atoms with E-state index in [1.807, 2.05) is 0 Å². The van der Waals surface area contributed by atoms with Crippen LogP contribution in [0.4, 0.5) is 0 Å². The number of hydrogen-bond donors (Lipinski definition) is 2. The molecule has 2 aromatic rings. The minimum absolute atomic E-state index is 0.301. The van der Waals surface area contributed by atoms with Gasteiger partial charge >= 0.3 is 0 Å². The van der Waals surface area contributed by atoms with Crippen LogP contribution in [0.1, 0.15) is 25.0 Å². The molecule has 0 aliphatic carbocycles. The van der Waals surface area contributed by atoms with Gasteiger partial charge in [0.2, 0.25) is 0 Å². The van der Waals surface area contributed by atoms with Crippen LogP contribution in [0.15, 0.2) is 58.3 Å². The van der Waals surface area contributed by atoms with Gasteiger partial charge < -0.3 is 10.2 Å². The number of rotatable bonds is 6. The van der Waals surface area contributed by atoms with E-state index in [-0.39, 0.29) is 12.2 Å². The van der Waals surface area contributed by atoms with E-state index in [1.165, 1.54) is 9.79 Å². The Bertz CT molecular complexity index is 493. The minimum atomic E-state index is -0.301. The van der Waals surface area contributed by atoms with E-state index in [4.69, 9.17) is 0 Å². The molecule has 112 valence electrons. The zero-order valence-electron chi connectivity index (χ0n) is 12.5. The number of hydrogen-bond acceptors (Lipinski definition) is 3. The standard InChI is InChI=1S/C18H22O2S/c1-13(19)11-15-3-7-17(8-4-15)21-18-9-5-16(6-10-18)12-14(2)20/h3-10,13-14,19-20H,11-12H2,1-2H3. The van der Waals surface area contributed by atoms with Crippen LogP contribution in [0.3, 0.4) is 0 Å². The molecule has 0 aromatic heterocycles. The first kappa shape index (κ1) is 16.1. The monoisotopic (exact) mass is 302 g/mol. The third-order valence-corrected chi connectivity index (χ3v) is 4.16. The van der Waals surface area contributed by atoms with Gasteiger partial charge in [-0.05, 0) is 62.1 Å². The average molecular weight is 302 g/mol. The van der Waals surface area contributed by atoms with Crippen molar-refractivity contribution in [3.8, 4) is 0 Å². The summed E-state index contributed by atoms with van der Waals surface area (Å²) in [4.78, 5) is 2.38. The predicted molar refractivity (Wildman–Crippen MR) is 87.8 cm³/mol. The van der Waals surface area contributed by atoms with E-state index in [1.54, 1.807) is 25.6 Å². The van der Waals surface area contributed by atoms with Gasteiger partial charge in [0.25, 0.3) is 0 Å². The van der Waals surface area contributed by atoms with Crippen molar-refractivity contribution in [3.05, 3.63) is 59.7 Å². The van der Waals surface area contributed by atoms with Crippen LogP contribution >= 0.6 is 11.8 Å². The van der Waals surface area contributed by atoms with E-state index in [0.29, 0.717) is 12.8 Å². The molecule has 2 unspecified atom stereocenters. The Morgan fingerprint density at radius 2 is 1.05 bits per heavy atom. The first-order chi connectivity index (χ1) is 10.0. The second-order valence-electron chi connectivity index (χ2n) is 5.50. The molecule has 2 atom stereocenters. The molecule has 2 N–H and O–H groups in total. The van der Waals surface area contributed by atoms with Gasteiger partial charge in [-0.15, -0.1) is 0 Å². The molecular weight excluding hydrogens is 280 g/mol. The first-order valence-electron chi connectivity index (χ1n) is 7.25. The highest BCUT2D eigenvalue weighted by Crippen LogP contribution is 2.28. The summed E-state index contributed by atoms with van der Waals surface area (Å²) in [5, 5.41) is 18.8.